The summed E-state index contributed by atoms with van der Waals surface area (Å²) in [5, 5.41) is 14.7. The normalized spacial score (nSPS) is 17.0. The summed E-state index contributed by atoms with van der Waals surface area (Å²) in [7, 11) is 0. The van der Waals surface area contributed by atoms with E-state index in [0.717, 1.165) is 18.9 Å². The molecule has 0 aliphatic heterocycles. The molecule has 2 rings (SSSR count). The molecule has 1 saturated carbocycles. The molecular formula is C14H16ClFN2O3. The lowest BCUT2D eigenvalue weighted by Gasteiger charge is -2.21. The molecule has 1 fully saturated rings. The van der Waals surface area contributed by atoms with Crippen LogP contribution in [0, 0.1) is 11.7 Å². The van der Waals surface area contributed by atoms with Gasteiger partial charge in [-0.1, -0.05) is 11.6 Å². The molecule has 1 aliphatic rings. The minimum atomic E-state index is -1.11. The summed E-state index contributed by atoms with van der Waals surface area (Å²) in [6.45, 7) is 1.39. The van der Waals surface area contributed by atoms with Crippen LogP contribution in [0.4, 0.5) is 10.1 Å². The quantitative estimate of drug-likeness (QED) is 0.774. The molecule has 0 aromatic heterocycles. The fraction of sp³-hybridized carbons (Fsp3) is 0.429. The maximum atomic E-state index is 13.2. The number of anilines is 1. The Bertz CT molecular complexity index is 561. The van der Waals surface area contributed by atoms with Crippen LogP contribution in [-0.4, -0.2) is 29.1 Å². The molecule has 0 bridgehead atoms. The zero-order valence-corrected chi connectivity index (χ0v) is 12.2. The van der Waals surface area contributed by atoms with Crippen molar-refractivity contribution >= 4 is 29.1 Å². The molecular weight excluding hydrogens is 299 g/mol. The summed E-state index contributed by atoms with van der Waals surface area (Å²) >= 11 is 5.86. The third-order valence-electron chi connectivity index (χ3n) is 3.20. The van der Waals surface area contributed by atoms with Gasteiger partial charge in [-0.3, -0.25) is 9.59 Å². The summed E-state index contributed by atoms with van der Waals surface area (Å²) in [4.78, 5) is 23.8. The van der Waals surface area contributed by atoms with Crippen LogP contribution in [0.15, 0.2) is 18.2 Å². The minimum Gasteiger partial charge on any atom is -0.391 e. The Kier molecular flexibility index (Phi) is 4.80. The molecule has 114 valence electrons. The van der Waals surface area contributed by atoms with Gasteiger partial charge in [-0.2, -0.15) is 0 Å². The number of halogens is 2. The Morgan fingerprint density at radius 2 is 2.10 bits per heavy atom. The van der Waals surface area contributed by atoms with Crippen LogP contribution in [-0.2, 0) is 9.59 Å². The van der Waals surface area contributed by atoms with Crippen LogP contribution in [0.25, 0.3) is 0 Å². The molecule has 1 aliphatic carbocycles. The summed E-state index contributed by atoms with van der Waals surface area (Å²) in [6.07, 6.45) is 0.492. The maximum Gasteiger partial charge on any atom is 0.249 e. The lowest BCUT2D eigenvalue weighted by molar-refractivity contribution is -0.129. The van der Waals surface area contributed by atoms with Gasteiger partial charge < -0.3 is 15.7 Å². The fourth-order valence-corrected chi connectivity index (χ4v) is 1.99. The van der Waals surface area contributed by atoms with Crippen LogP contribution in [0.1, 0.15) is 19.8 Å². The average molecular weight is 315 g/mol. The molecule has 21 heavy (non-hydrogen) atoms. The number of aliphatic hydroxyl groups excluding tert-OH is 1. The maximum absolute atomic E-state index is 13.2. The van der Waals surface area contributed by atoms with Gasteiger partial charge in [0.25, 0.3) is 0 Å². The standard InChI is InChI=1S/C14H16ClFN2O3/c1-7(19)12(18-13(20)8-2-3-8)14(21)17-11-6-9(16)4-5-10(11)15/h4-8,12,19H,2-3H2,1H3,(H,17,21)(H,18,20). The number of benzene rings is 1. The van der Waals surface area contributed by atoms with E-state index in [1.165, 1.54) is 19.1 Å². The molecule has 0 radical (unpaired) electrons. The zero-order valence-electron chi connectivity index (χ0n) is 11.4. The highest BCUT2D eigenvalue weighted by Crippen LogP contribution is 2.29. The van der Waals surface area contributed by atoms with Gasteiger partial charge in [-0.25, -0.2) is 4.39 Å². The van der Waals surface area contributed by atoms with Crippen LogP contribution >= 0.6 is 11.6 Å². The van der Waals surface area contributed by atoms with Crippen molar-refractivity contribution in [1.82, 2.24) is 5.32 Å². The van der Waals surface area contributed by atoms with Crippen molar-refractivity contribution in [2.45, 2.75) is 31.9 Å². The smallest absolute Gasteiger partial charge is 0.249 e. The second-order valence-electron chi connectivity index (χ2n) is 5.11. The van der Waals surface area contributed by atoms with E-state index in [9.17, 15) is 19.1 Å². The number of amides is 2. The van der Waals surface area contributed by atoms with Crippen molar-refractivity contribution in [3.63, 3.8) is 0 Å². The van der Waals surface area contributed by atoms with Gasteiger partial charge in [0.1, 0.15) is 11.9 Å². The topological polar surface area (TPSA) is 78.4 Å². The van der Waals surface area contributed by atoms with Crippen LogP contribution in [0.5, 0.6) is 0 Å². The number of carbonyl (C=O) groups excluding carboxylic acids is 2. The second kappa shape index (κ2) is 6.41. The SMILES string of the molecule is CC(O)C(NC(=O)C1CC1)C(=O)Nc1cc(F)ccc1Cl. The van der Waals surface area contributed by atoms with Crippen molar-refractivity contribution in [3.05, 3.63) is 29.0 Å². The molecule has 5 nitrogen and oxygen atoms in total. The monoisotopic (exact) mass is 314 g/mol. The fourth-order valence-electron chi connectivity index (χ4n) is 1.83. The van der Waals surface area contributed by atoms with E-state index in [-0.39, 0.29) is 22.5 Å². The van der Waals surface area contributed by atoms with Crippen LogP contribution in [0.3, 0.4) is 0 Å². The first-order chi connectivity index (χ1) is 9.88. The molecule has 0 saturated heterocycles. The van der Waals surface area contributed by atoms with E-state index in [4.69, 9.17) is 11.6 Å². The molecule has 2 amide bonds. The second-order valence-corrected chi connectivity index (χ2v) is 5.52. The molecule has 0 heterocycles. The minimum absolute atomic E-state index is 0.0863. The van der Waals surface area contributed by atoms with Gasteiger partial charge in [0.15, 0.2) is 0 Å². The number of nitrogens with one attached hydrogen (secondary N) is 2. The lowest BCUT2D eigenvalue weighted by atomic mass is 10.1. The highest BCUT2D eigenvalue weighted by molar-refractivity contribution is 6.33. The first kappa shape index (κ1) is 15.7. The molecule has 2 unspecified atom stereocenters. The Labute approximate surface area is 126 Å². The number of rotatable bonds is 5. The molecule has 1 aromatic carbocycles. The van der Waals surface area contributed by atoms with E-state index in [0.29, 0.717) is 0 Å². The van der Waals surface area contributed by atoms with Crippen molar-refractivity contribution in [1.29, 1.82) is 0 Å². The van der Waals surface area contributed by atoms with Crippen molar-refractivity contribution in [3.8, 4) is 0 Å². The van der Waals surface area contributed by atoms with Crippen LogP contribution < -0.4 is 10.6 Å². The van der Waals surface area contributed by atoms with Gasteiger partial charge >= 0.3 is 0 Å². The van der Waals surface area contributed by atoms with Crippen molar-refractivity contribution in [2.75, 3.05) is 5.32 Å². The Morgan fingerprint density at radius 1 is 1.43 bits per heavy atom. The van der Waals surface area contributed by atoms with E-state index < -0.39 is 23.9 Å². The van der Waals surface area contributed by atoms with Crippen molar-refractivity contribution < 1.29 is 19.1 Å². The molecule has 7 heteroatoms. The first-order valence-corrected chi connectivity index (χ1v) is 7.00. The van der Waals surface area contributed by atoms with Gasteiger partial charge in [-0.15, -0.1) is 0 Å². The van der Waals surface area contributed by atoms with Crippen LogP contribution in [0.2, 0.25) is 5.02 Å². The number of hydrogen-bond donors (Lipinski definition) is 3. The summed E-state index contributed by atoms with van der Waals surface area (Å²) in [5.74, 6) is -1.55. The predicted molar refractivity (Wildman–Crippen MR) is 76.4 cm³/mol. The van der Waals surface area contributed by atoms with Crippen molar-refractivity contribution in [2.24, 2.45) is 5.92 Å². The Balaban J connectivity index is 2.07. The predicted octanol–water partition coefficient (Wildman–Crippen LogP) is 1.69. The molecule has 2 atom stereocenters. The highest BCUT2D eigenvalue weighted by atomic mass is 35.5. The molecule has 0 spiro atoms. The third kappa shape index (κ3) is 4.15. The number of carbonyl (C=O) groups is 2. The summed E-state index contributed by atoms with van der Waals surface area (Å²) in [5.41, 5.74) is 0.0907. The number of aliphatic hydroxyl groups is 1. The van der Waals surface area contributed by atoms with Gasteiger partial charge in [-0.05, 0) is 38.0 Å². The largest absolute Gasteiger partial charge is 0.391 e. The molecule has 3 N–H and O–H groups in total. The highest BCUT2D eigenvalue weighted by Gasteiger charge is 2.34. The summed E-state index contributed by atoms with van der Waals surface area (Å²) < 4.78 is 13.2. The molecule has 1 aromatic rings. The van der Waals surface area contributed by atoms with E-state index in [2.05, 4.69) is 10.6 Å². The van der Waals surface area contributed by atoms with Gasteiger partial charge in [0.2, 0.25) is 11.8 Å². The third-order valence-corrected chi connectivity index (χ3v) is 3.53. The average Bonchev–Trinajstić information content (AvgIpc) is 3.23. The summed E-state index contributed by atoms with van der Waals surface area (Å²) in [6, 6.07) is 2.44. The van der Waals surface area contributed by atoms with E-state index in [1.807, 2.05) is 0 Å². The zero-order chi connectivity index (χ0) is 15.6. The van der Waals surface area contributed by atoms with Gasteiger partial charge in [0.05, 0.1) is 16.8 Å². The Hall–Kier alpha value is -1.66. The number of hydrogen-bond acceptors (Lipinski definition) is 3. The van der Waals surface area contributed by atoms with Gasteiger partial charge in [0, 0.05) is 5.92 Å². The van der Waals surface area contributed by atoms with E-state index >= 15 is 0 Å². The lowest BCUT2D eigenvalue weighted by Crippen LogP contribution is -2.50. The Morgan fingerprint density at radius 3 is 2.67 bits per heavy atom. The van der Waals surface area contributed by atoms with E-state index in [1.54, 1.807) is 0 Å². The first-order valence-electron chi connectivity index (χ1n) is 6.63.